The molecule has 5 atom stereocenters. The van der Waals surface area contributed by atoms with Crippen molar-refractivity contribution in [3.63, 3.8) is 0 Å². The number of anilines is 1. The molecule has 45 heavy (non-hydrogen) atoms. The minimum absolute atomic E-state index is 0.0251. The minimum atomic E-state index is -2.97. The molecule has 2 aliphatic heterocycles. The van der Waals surface area contributed by atoms with Crippen LogP contribution in [0.5, 0.6) is 0 Å². The van der Waals surface area contributed by atoms with Crippen LogP contribution in [-0.4, -0.2) is 73.4 Å². The van der Waals surface area contributed by atoms with Crippen molar-refractivity contribution in [2.75, 3.05) is 24.2 Å². The largest absolute Gasteiger partial charge is 0.465 e. The number of nitrogens with one attached hydrogen (secondary N) is 3. The molecule has 0 spiro atoms. The lowest BCUT2D eigenvalue weighted by Crippen LogP contribution is -2.55. The summed E-state index contributed by atoms with van der Waals surface area (Å²) in [6.45, 7) is 0.954. The van der Waals surface area contributed by atoms with Gasteiger partial charge < -0.3 is 21.1 Å². The van der Waals surface area contributed by atoms with E-state index in [1.165, 1.54) is 42.5 Å². The molecule has 0 radical (unpaired) electrons. The number of hydrogen-bond acceptors (Lipinski definition) is 6. The summed E-state index contributed by atoms with van der Waals surface area (Å²) < 4.78 is 80.5. The molecular weight excluding hydrogens is 616 g/mol. The Morgan fingerprint density at radius 2 is 1.78 bits per heavy atom. The third kappa shape index (κ3) is 8.09. The third-order valence-electron chi connectivity index (χ3n) is 9.35. The van der Waals surface area contributed by atoms with Crippen LogP contribution in [0, 0.1) is 17.6 Å². The van der Waals surface area contributed by atoms with Crippen LogP contribution in [0.25, 0.3) is 0 Å². The molecule has 3 fully saturated rings. The Morgan fingerprint density at radius 1 is 1.07 bits per heavy atom. The number of fused-ring (bicyclic) bond motifs is 2. The van der Waals surface area contributed by atoms with E-state index in [9.17, 15) is 37.0 Å². The van der Waals surface area contributed by atoms with Gasteiger partial charge in [-0.15, -0.1) is 10.8 Å². The van der Waals surface area contributed by atoms with Gasteiger partial charge in [-0.3, -0.25) is 13.9 Å². The van der Waals surface area contributed by atoms with E-state index in [1.54, 1.807) is 4.31 Å². The molecule has 0 aromatic heterocycles. The molecule has 9 nitrogen and oxygen atoms in total. The SMILES string of the molecule is O=C(O)N[C@H](C(=O)Nc1cccc(F)c1CCC1CNC2CCCS(O)(O)N1C2)[C@H](c1ccc(F)cc1)C1CCC(F)(F)CC1. The molecule has 2 amide bonds. The number of alkyl halides is 2. The summed E-state index contributed by atoms with van der Waals surface area (Å²) in [6, 6.07) is 7.72. The van der Waals surface area contributed by atoms with Gasteiger partial charge in [0, 0.05) is 55.2 Å². The van der Waals surface area contributed by atoms with Gasteiger partial charge in [-0.05, 0) is 74.3 Å². The number of carboxylic acid groups (broad SMARTS) is 1. The van der Waals surface area contributed by atoms with Gasteiger partial charge in [0.2, 0.25) is 11.8 Å². The molecule has 2 heterocycles. The predicted molar refractivity (Wildman–Crippen MR) is 164 cm³/mol. The van der Waals surface area contributed by atoms with E-state index in [2.05, 4.69) is 16.0 Å². The van der Waals surface area contributed by atoms with E-state index >= 15 is 4.39 Å². The maximum atomic E-state index is 15.3. The van der Waals surface area contributed by atoms with Crippen molar-refractivity contribution in [1.29, 1.82) is 0 Å². The van der Waals surface area contributed by atoms with Crippen LogP contribution in [0.15, 0.2) is 42.5 Å². The molecule has 3 unspecified atom stereocenters. The topological polar surface area (TPSA) is 134 Å². The molecule has 2 bridgehead atoms. The Bertz CT molecular complexity index is 1360. The highest BCUT2D eigenvalue weighted by Crippen LogP contribution is 2.49. The monoisotopic (exact) mass is 656 g/mol. The number of nitrogens with zero attached hydrogens (tertiary/aromatic N) is 1. The van der Waals surface area contributed by atoms with Crippen LogP contribution >= 0.6 is 10.8 Å². The number of piperazine rings is 1. The molecule has 6 N–H and O–H groups in total. The second kappa shape index (κ2) is 13.8. The molecule has 3 aliphatic rings. The highest BCUT2D eigenvalue weighted by molar-refractivity contribution is 8.22. The van der Waals surface area contributed by atoms with Gasteiger partial charge in [0.25, 0.3) is 0 Å². The van der Waals surface area contributed by atoms with Gasteiger partial charge in [-0.1, -0.05) is 18.2 Å². The van der Waals surface area contributed by atoms with Crippen LogP contribution in [0.3, 0.4) is 0 Å². The van der Waals surface area contributed by atoms with Crippen LogP contribution in [-0.2, 0) is 11.2 Å². The van der Waals surface area contributed by atoms with Gasteiger partial charge in [-0.2, -0.15) is 0 Å². The van der Waals surface area contributed by atoms with Crippen molar-refractivity contribution in [2.45, 2.75) is 81.3 Å². The summed E-state index contributed by atoms with van der Waals surface area (Å²) >= 11 is 0. The first-order valence-corrected chi connectivity index (χ1v) is 17.0. The average molecular weight is 657 g/mol. The lowest BCUT2D eigenvalue weighted by Gasteiger charge is -2.49. The fourth-order valence-corrected chi connectivity index (χ4v) is 8.88. The second-order valence-electron chi connectivity index (χ2n) is 12.3. The average Bonchev–Trinajstić information content (AvgIpc) is 3.09. The number of amides is 2. The summed E-state index contributed by atoms with van der Waals surface area (Å²) in [4.78, 5) is 25.8. The first-order chi connectivity index (χ1) is 21.3. The van der Waals surface area contributed by atoms with Crippen molar-refractivity contribution < 1.29 is 41.4 Å². The van der Waals surface area contributed by atoms with E-state index in [0.717, 1.165) is 6.42 Å². The van der Waals surface area contributed by atoms with Crippen LogP contribution in [0.4, 0.5) is 28.0 Å². The first-order valence-electron chi connectivity index (χ1n) is 15.3. The first kappa shape index (κ1) is 33.5. The summed E-state index contributed by atoms with van der Waals surface area (Å²) in [5, 5.41) is 18.1. The number of carbonyl (C=O) groups excluding carboxylic acids is 1. The van der Waals surface area contributed by atoms with Gasteiger partial charge >= 0.3 is 6.09 Å². The molecule has 2 aromatic carbocycles. The Balaban J connectivity index is 1.39. The lowest BCUT2D eigenvalue weighted by molar-refractivity contribution is -0.119. The lowest BCUT2D eigenvalue weighted by atomic mass is 9.72. The molecular formula is C31H40F4N4O5S. The molecule has 248 valence electrons. The van der Waals surface area contributed by atoms with Gasteiger partial charge in [0.15, 0.2) is 0 Å². The fourth-order valence-electron chi connectivity index (χ4n) is 7.02. The molecule has 2 aromatic rings. The van der Waals surface area contributed by atoms with Gasteiger partial charge in [0.1, 0.15) is 17.7 Å². The maximum absolute atomic E-state index is 15.3. The zero-order chi connectivity index (χ0) is 32.4. The molecule has 2 saturated heterocycles. The van der Waals surface area contributed by atoms with Gasteiger partial charge in [0.05, 0.1) is 5.75 Å². The summed E-state index contributed by atoms with van der Waals surface area (Å²) in [5.74, 6) is -5.95. The van der Waals surface area contributed by atoms with E-state index in [4.69, 9.17) is 0 Å². The van der Waals surface area contributed by atoms with Crippen molar-refractivity contribution >= 4 is 28.5 Å². The van der Waals surface area contributed by atoms with Crippen molar-refractivity contribution in [3.8, 4) is 0 Å². The molecule has 1 saturated carbocycles. The molecule has 1 aliphatic carbocycles. The van der Waals surface area contributed by atoms with E-state index in [1.807, 2.05) is 0 Å². The number of carbonyl (C=O) groups is 2. The van der Waals surface area contributed by atoms with Crippen molar-refractivity contribution in [2.24, 2.45) is 5.92 Å². The Hall–Kier alpha value is -2.91. The van der Waals surface area contributed by atoms with Gasteiger partial charge in [-0.25, -0.2) is 26.7 Å². The number of rotatable bonds is 9. The van der Waals surface area contributed by atoms with E-state index in [0.29, 0.717) is 31.5 Å². The maximum Gasteiger partial charge on any atom is 0.405 e. The van der Waals surface area contributed by atoms with Crippen LogP contribution in [0.2, 0.25) is 0 Å². The van der Waals surface area contributed by atoms with Crippen LogP contribution < -0.4 is 16.0 Å². The highest BCUT2D eigenvalue weighted by atomic mass is 32.3. The molecule has 14 heteroatoms. The summed E-state index contributed by atoms with van der Waals surface area (Å²) in [5.41, 5.74) is 0.706. The summed E-state index contributed by atoms with van der Waals surface area (Å²) in [7, 11) is -2.97. The minimum Gasteiger partial charge on any atom is -0.465 e. The second-order valence-corrected chi connectivity index (χ2v) is 14.5. The highest BCUT2D eigenvalue weighted by Gasteiger charge is 2.43. The van der Waals surface area contributed by atoms with Crippen molar-refractivity contribution in [1.82, 2.24) is 14.9 Å². The zero-order valence-electron chi connectivity index (χ0n) is 24.7. The third-order valence-corrected chi connectivity index (χ3v) is 11.4. The van der Waals surface area contributed by atoms with Crippen molar-refractivity contribution in [3.05, 3.63) is 65.2 Å². The zero-order valence-corrected chi connectivity index (χ0v) is 25.5. The smallest absolute Gasteiger partial charge is 0.405 e. The summed E-state index contributed by atoms with van der Waals surface area (Å²) in [6.07, 6.45) is -0.313. The number of halogens is 4. The number of benzene rings is 2. The fraction of sp³-hybridized carbons (Fsp3) is 0.548. The quantitative estimate of drug-likeness (QED) is 0.178. The Kier molecular flexibility index (Phi) is 10.3. The predicted octanol–water partition coefficient (Wildman–Crippen LogP) is 6.18. The normalized spacial score (nSPS) is 26.6. The van der Waals surface area contributed by atoms with Crippen LogP contribution in [0.1, 0.15) is 62.0 Å². The standard InChI is InChI=1S/C31H40F4N4O5S/c32-21-8-6-19(7-9-21)27(20-12-14-31(34,35)15-13-20)28(38-30(41)42)29(40)37-26-5-1-4-25(33)24(26)11-10-23-17-36-22-3-2-16-45(43,44)39(23)18-22/h1,4-9,20,22-23,27-28,36,38,43-44H,2-3,10-18H2,(H,37,40)(H,41,42)/t22?,23?,27-,28+/m1/s1. The Labute approximate surface area is 261 Å². The van der Waals surface area contributed by atoms with E-state index < -0.39 is 71.1 Å². The Morgan fingerprint density at radius 3 is 2.47 bits per heavy atom. The number of hydrogen-bond donors (Lipinski definition) is 6. The van der Waals surface area contributed by atoms with E-state index in [-0.39, 0.29) is 48.3 Å². The molecule has 5 rings (SSSR count).